The molecular weight excluding hydrogens is 378 g/mol. The molecular formula is C13H9BrNO4S2-. The van der Waals surface area contributed by atoms with Crippen LogP contribution in [0.4, 0.5) is 0 Å². The van der Waals surface area contributed by atoms with Crippen LogP contribution in [0.25, 0.3) is 6.08 Å². The number of ether oxygens (including phenoxy) is 1. The molecule has 0 aromatic heterocycles. The van der Waals surface area contributed by atoms with E-state index in [0.29, 0.717) is 16.2 Å². The molecule has 110 valence electrons. The highest BCUT2D eigenvalue weighted by Crippen LogP contribution is 2.34. The van der Waals surface area contributed by atoms with Crippen LogP contribution in [0.15, 0.2) is 27.6 Å². The van der Waals surface area contributed by atoms with Gasteiger partial charge in [0.15, 0.2) is 0 Å². The summed E-state index contributed by atoms with van der Waals surface area (Å²) < 4.78 is 6.26. The molecule has 21 heavy (non-hydrogen) atoms. The van der Waals surface area contributed by atoms with Gasteiger partial charge in [-0.3, -0.25) is 9.69 Å². The highest BCUT2D eigenvalue weighted by Gasteiger charge is 2.32. The van der Waals surface area contributed by atoms with Crippen molar-refractivity contribution in [3.63, 3.8) is 0 Å². The van der Waals surface area contributed by atoms with Crippen molar-refractivity contribution in [1.82, 2.24) is 4.90 Å². The average molecular weight is 387 g/mol. The van der Waals surface area contributed by atoms with Crippen LogP contribution in [0, 0.1) is 0 Å². The number of carbonyl (C=O) groups is 2. The number of aliphatic carboxylic acids is 1. The van der Waals surface area contributed by atoms with E-state index in [-0.39, 0.29) is 4.32 Å². The normalized spacial score (nSPS) is 16.7. The van der Waals surface area contributed by atoms with Crippen molar-refractivity contribution in [2.45, 2.75) is 0 Å². The molecule has 0 bridgehead atoms. The van der Waals surface area contributed by atoms with E-state index in [1.165, 1.54) is 7.11 Å². The molecule has 0 N–H and O–H groups in total. The molecule has 1 aliphatic rings. The Balaban J connectivity index is 2.35. The number of nitrogens with zero attached hydrogens (tertiary/aromatic N) is 1. The van der Waals surface area contributed by atoms with Crippen molar-refractivity contribution in [3.8, 4) is 5.75 Å². The second kappa shape index (κ2) is 6.59. The van der Waals surface area contributed by atoms with Crippen molar-refractivity contribution >= 4 is 62.2 Å². The number of thiocarbonyl (C=S) groups is 1. The molecule has 1 heterocycles. The smallest absolute Gasteiger partial charge is 0.266 e. The number of amides is 1. The predicted octanol–water partition coefficient (Wildman–Crippen LogP) is 1.41. The predicted molar refractivity (Wildman–Crippen MR) is 85.6 cm³/mol. The van der Waals surface area contributed by atoms with Gasteiger partial charge in [-0.25, -0.2) is 0 Å². The third-order valence-corrected chi connectivity index (χ3v) is 4.51. The molecule has 8 heteroatoms. The minimum atomic E-state index is -1.35. The van der Waals surface area contributed by atoms with E-state index in [0.717, 1.165) is 21.1 Å². The average Bonchev–Trinajstić information content (AvgIpc) is 2.66. The number of hydrogen-bond acceptors (Lipinski definition) is 6. The molecule has 0 aliphatic carbocycles. The zero-order valence-electron chi connectivity index (χ0n) is 10.8. The highest BCUT2D eigenvalue weighted by atomic mass is 79.9. The third-order valence-electron chi connectivity index (χ3n) is 2.64. The van der Waals surface area contributed by atoms with E-state index in [1.807, 2.05) is 6.07 Å². The molecule has 1 fully saturated rings. The number of methoxy groups -OCH3 is 1. The molecule has 0 spiro atoms. The Labute approximate surface area is 139 Å². The van der Waals surface area contributed by atoms with Crippen LogP contribution < -0.4 is 9.84 Å². The number of rotatable bonds is 4. The van der Waals surface area contributed by atoms with Crippen LogP contribution in [0.5, 0.6) is 5.75 Å². The Kier molecular flexibility index (Phi) is 5.02. The standard InChI is InChI=1S/C13H10BrNO4S2/c1-19-9-3-2-8(14)4-7(9)5-10-12(18)15(6-11(16)17)13(20)21-10/h2-5H,6H2,1H3,(H,16,17)/p-1/b10-5-. The molecule has 1 saturated heterocycles. The van der Waals surface area contributed by atoms with Crippen molar-refractivity contribution < 1.29 is 19.4 Å². The summed E-state index contributed by atoms with van der Waals surface area (Å²) in [5.74, 6) is -1.20. The van der Waals surface area contributed by atoms with Gasteiger partial charge in [0.2, 0.25) is 0 Å². The van der Waals surface area contributed by atoms with Crippen LogP contribution in [0.2, 0.25) is 0 Å². The number of hydrogen-bond donors (Lipinski definition) is 0. The SMILES string of the molecule is COc1ccc(Br)cc1/C=C1\SC(=S)N(CC(=O)[O-])C1=O. The first-order valence-corrected chi connectivity index (χ1v) is 7.73. The summed E-state index contributed by atoms with van der Waals surface area (Å²) >= 11 is 9.41. The molecule has 1 amide bonds. The van der Waals surface area contributed by atoms with Crippen LogP contribution in [-0.4, -0.2) is 34.8 Å². The van der Waals surface area contributed by atoms with Gasteiger partial charge < -0.3 is 14.6 Å². The Morgan fingerprint density at radius 3 is 2.90 bits per heavy atom. The third kappa shape index (κ3) is 3.63. The summed E-state index contributed by atoms with van der Waals surface area (Å²) in [6.07, 6.45) is 1.62. The zero-order valence-corrected chi connectivity index (χ0v) is 14.0. The van der Waals surface area contributed by atoms with Gasteiger partial charge >= 0.3 is 0 Å². The maximum atomic E-state index is 12.1. The minimum Gasteiger partial charge on any atom is -0.548 e. The fraction of sp³-hybridized carbons (Fsp3) is 0.154. The molecule has 0 atom stereocenters. The van der Waals surface area contributed by atoms with Crippen LogP contribution in [0.3, 0.4) is 0 Å². The summed E-state index contributed by atoms with van der Waals surface area (Å²) in [5, 5.41) is 10.6. The van der Waals surface area contributed by atoms with Crippen molar-refractivity contribution in [2.75, 3.05) is 13.7 Å². The number of halogens is 1. The fourth-order valence-corrected chi connectivity index (χ4v) is 3.35. The lowest BCUT2D eigenvalue weighted by atomic mass is 10.2. The molecule has 0 saturated carbocycles. The first kappa shape index (κ1) is 16.0. The van der Waals surface area contributed by atoms with Crippen LogP contribution in [-0.2, 0) is 9.59 Å². The largest absolute Gasteiger partial charge is 0.548 e. The molecule has 1 aliphatic heterocycles. The van der Waals surface area contributed by atoms with E-state index in [1.54, 1.807) is 18.2 Å². The van der Waals surface area contributed by atoms with E-state index >= 15 is 0 Å². The van der Waals surface area contributed by atoms with Crippen molar-refractivity contribution in [2.24, 2.45) is 0 Å². The van der Waals surface area contributed by atoms with E-state index in [2.05, 4.69) is 15.9 Å². The van der Waals surface area contributed by atoms with Gasteiger partial charge in [-0.15, -0.1) is 0 Å². The molecule has 5 nitrogen and oxygen atoms in total. The fourth-order valence-electron chi connectivity index (χ4n) is 1.72. The summed E-state index contributed by atoms with van der Waals surface area (Å²) in [7, 11) is 1.53. The Morgan fingerprint density at radius 1 is 1.57 bits per heavy atom. The van der Waals surface area contributed by atoms with Gasteiger partial charge in [0.05, 0.1) is 24.5 Å². The Hall–Kier alpha value is -1.38. The van der Waals surface area contributed by atoms with Gasteiger partial charge in [-0.2, -0.15) is 0 Å². The van der Waals surface area contributed by atoms with Crippen molar-refractivity contribution in [1.29, 1.82) is 0 Å². The number of carboxylic acids is 1. The first-order chi connectivity index (χ1) is 9.92. The monoisotopic (exact) mass is 386 g/mol. The lowest BCUT2D eigenvalue weighted by Crippen LogP contribution is -2.40. The van der Waals surface area contributed by atoms with E-state index in [9.17, 15) is 14.7 Å². The van der Waals surface area contributed by atoms with Gasteiger partial charge in [0, 0.05) is 10.0 Å². The summed E-state index contributed by atoms with van der Waals surface area (Å²) in [5.41, 5.74) is 0.695. The van der Waals surface area contributed by atoms with Gasteiger partial charge in [0.1, 0.15) is 10.1 Å². The number of benzene rings is 1. The zero-order chi connectivity index (χ0) is 15.6. The molecule has 0 radical (unpaired) electrons. The van der Waals surface area contributed by atoms with Crippen LogP contribution in [0.1, 0.15) is 5.56 Å². The van der Waals surface area contributed by atoms with Crippen molar-refractivity contribution in [3.05, 3.63) is 33.1 Å². The van der Waals surface area contributed by atoms with E-state index in [4.69, 9.17) is 17.0 Å². The van der Waals surface area contributed by atoms with Gasteiger partial charge in [-0.1, -0.05) is 39.9 Å². The molecule has 1 aromatic rings. The van der Waals surface area contributed by atoms with Crippen LogP contribution >= 0.6 is 39.9 Å². The number of carboxylic acid groups (broad SMARTS) is 1. The molecule has 1 aromatic carbocycles. The topological polar surface area (TPSA) is 69.7 Å². The minimum absolute atomic E-state index is 0.199. The quantitative estimate of drug-likeness (QED) is 0.575. The summed E-state index contributed by atoms with van der Waals surface area (Å²) in [6.45, 7) is -0.544. The number of carbonyl (C=O) groups excluding carboxylic acids is 2. The lowest BCUT2D eigenvalue weighted by molar-refractivity contribution is -0.305. The Morgan fingerprint density at radius 2 is 2.29 bits per heavy atom. The molecule has 0 unspecified atom stereocenters. The first-order valence-electron chi connectivity index (χ1n) is 5.71. The molecule has 2 rings (SSSR count). The highest BCUT2D eigenvalue weighted by molar-refractivity contribution is 9.10. The second-order valence-electron chi connectivity index (χ2n) is 4.03. The maximum absolute atomic E-state index is 12.1. The van der Waals surface area contributed by atoms with Gasteiger partial charge in [0.25, 0.3) is 5.91 Å². The summed E-state index contributed by atoms with van der Waals surface area (Å²) in [4.78, 5) is 24.1. The summed E-state index contributed by atoms with van der Waals surface area (Å²) in [6, 6.07) is 5.37. The number of thioether (sulfide) groups is 1. The lowest BCUT2D eigenvalue weighted by Gasteiger charge is -2.14. The van der Waals surface area contributed by atoms with Gasteiger partial charge in [-0.05, 0) is 24.3 Å². The van der Waals surface area contributed by atoms with E-state index < -0.39 is 18.4 Å². The second-order valence-corrected chi connectivity index (χ2v) is 6.62. The maximum Gasteiger partial charge on any atom is 0.266 e. The Bertz CT molecular complexity index is 660.